The van der Waals surface area contributed by atoms with Crippen molar-refractivity contribution in [1.82, 2.24) is 5.32 Å². The molecule has 3 heteroatoms. The van der Waals surface area contributed by atoms with E-state index in [1.54, 1.807) is 12.1 Å². The van der Waals surface area contributed by atoms with Gasteiger partial charge in [-0.1, -0.05) is 30.3 Å². The Kier molecular flexibility index (Phi) is 5.76. The van der Waals surface area contributed by atoms with Crippen molar-refractivity contribution in [3.8, 4) is 5.75 Å². The maximum absolute atomic E-state index is 13.1. The molecule has 0 aliphatic rings. The zero-order chi connectivity index (χ0) is 15.1. The van der Waals surface area contributed by atoms with E-state index in [4.69, 9.17) is 4.74 Å². The highest BCUT2D eigenvalue weighted by Gasteiger charge is 2.04. The zero-order valence-corrected chi connectivity index (χ0v) is 12.6. The minimum Gasteiger partial charge on any atom is -0.491 e. The number of rotatable bonds is 7. The summed E-state index contributed by atoms with van der Waals surface area (Å²) in [5.41, 5.74) is 2.15. The molecule has 0 aliphatic carbocycles. The average Bonchev–Trinajstić information content (AvgIpc) is 2.45. The summed E-state index contributed by atoms with van der Waals surface area (Å²) >= 11 is 0. The lowest BCUT2D eigenvalue weighted by atomic mass is 10.1. The lowest BCUT2D eigenvalue weighted by Gasteiger charge is -2.14. The van der Waals surface area contributed by atoms with Gasteiger partial charge in [0, 0.05) is 12.1 Å². The van der Waals surface area contributed by atoms with Crippen LogP contribution in [0.15, 0.2) is 48.5 Å². The number of ether oxygens (including phenoxy) is 1. The van der Waals surface area contributed by atoms with Crippen LogP contribution in [0.2, 0.25) is 0 Å². The Balaban J connectivity index is 1.83. The molecule has 2 rings (SSSR count). The maximum Gasteiger partial charge on any atom is 0.124 e. The second kappa shape index (κ2) is 7.79. The van der Waals surface area contributed by atoms with E-state index >= 15 is 0 Å². The lowest BCUT2D eigenvalue weighted by molar-refractivity contribution is 0.239. The topological polar surface area (TPSA) is 21.3 Å². The number of nitrogens with one attached hydrogen (secondary N) is 1. The molecule has 2 aromatic carbocycles. The van der Waals surface area contributed by atoms with Crippen LogP contribution in [0.1, 0.15) is 25.0 Å². The van der Waals surface area contributed by atoms with Gasteiger partial charge in [-0.2, -0.15) is 0 Å². The number of benzene rings is 2. The predicted molar refractivity (Wildman–Crippen MR) is 84.0 cm³/mol. The van der Waals surface area contributed by atoms with E-state index in [1.807, 2.05) is 38.1 Å². The van der Waals surface area contributed by atoms with Crippen LogP contribution in [0.25, 0.3) is 0 Å². The molecule has 0 fully saturated rings. The lowest BCUT2D eigenvalue weighted by Crippen LogP contribution is -2.18. The van der Waals surface area contributed by atoms with Gasteiger partial charge in [0.1, 0.15) is 11.6 Å². The first-order chi connectivity index (χ1) is 10.1. The van der Waals surface area contributed by atoms with E-state index in [9.17, 15) is 4.39 Å². The second-order valence-electron chi connectivity index (χ2n) is 5.33. The largest absolute Gasteiger partial charge is 0.491 e. The van der Waals surface area contributed by atoms with Crippen molar-refractivity contribution in [3.63, 3.8) is 0 Å². The van der Waals surface area contributed by atoms with Crippen LogP contribution in [0, 0.1) is 5.82 Å². The third-order valence-corrected chi connectivity index (χ3v) is 3.13. The van der Waals surface area contributed by atoms with E-state index in [-0.39, 0.29) is 11.9 Å². The normalized spacial score (nSPS) is 10.9. The SMILES string of the molecule is CC(C)Oc1ccccc1CNCCc1cccc(F)c1. The van der Waals surface area contributed by atoms with Gasteiger partial charge in [-0.05, 0) is 50.6 Å². The summed E-state index contributed by atoms with van der Waals surface area (Å²) in [6.45, 7) is 5.60. The molecule has 0 amide bonds. The molecule has 21 heavy (non-hydrogen) atoms. The Morgan fingerprint density at radius 2 is 1.90 bits per heavy atom. The number of para-hydroxylation sites is 1. The number of halogens is 1. The summed E-state index contributed by atoms with van der Waals surface area (Å²) in [6, 6.07) is 14.8. The molecule has 112 valence electrons. The molecule has 0 radical (unpaired) electrons. The Morgan fingerprint density at radius 3 is 2.67 bits per heavy atom. The summed E-state index contributed by atoms with van der Waals surface area (Å²) in [5, 5.41) is 3.38. The second-order valence-corrected chi connectivity index (χ2v) is 5.33. The molecule has 0 saturated heterocycles. The molecule has 0 aliphatic heterocycles. The van der Waals surface area contributed by atoms with E-state index in [2.05, 4.69) is 11.4 Å². The molecule has 0 atom stereocenters. The fourth-order valence-electron chi connectivity index (χ4n) is 2.17. The van der Waals surface area contributed by atoms with Crippen molar-refractivity contribution < 1.29 is 9.13 Å². The molecular weight excluding hydrogens is 265 g/mol. The fourth-order valence-corrected chi connectivity index (χ4v) is 2.17. The van der Waals surface area contributed by atoms with Gasteiger partial charge >= 0.3 is 0 Å². The van der Waals surface area contributed by atoms with Gasteiger partial charge in [0.15, 0.2) is 0 Å². The first-order valence-corrected chi connectivity index (χ1v) is 7.35. The van der Waals surface area contributed by atoms with E-state index < -0.39 is 0 Å². The van der Waals surface area contributed by atoms with Crippen LogP contribution in [-0.4, -0.2) is 12.6 Å². The smallest absolute Gasteiger partial charge is 0.124 e. The Hall–Kier alpha value is -1.87. The van der Waals surface area contributed by atoms with Gasteiger partial charge in [-0.25, -0.2) is 4.39 Å². The third kappa shape index (κ3) is 5.20. The summed E-state index contributed by atoms with van der Waals surface area (Å²) in [4.78, 5) is 0. The van der Waals surface area contributed by atoms with Crippen molar-refractivity contribution in [1.29, 1.82) is 0 Å². The van der Waals surface area contributed by atoms with Crippen LogP contribution in [0.3, 0.4) is 0 Å². The highest BCUT2D eigenvalue weighted by molar-refractivity contribution is 5.33. The fraction of sp³-hybridized carbons (Fsp3) is 0.333. The molecular formula is C18H22FNO. The molecule has 0 unspecified atom stereocenters. The Labute approximate surface area is 126 Å². The quantitative estimate of drug-likeness (QED) is 0.779. The van der Waals surface area contributed by atoms with Crippen LogP contribution in [0.5, 0.6) is 5.75 Å². The Morgan fingerprint density at radius 1 is 1.10 bits per heavy atom. The van der Waals surface area contributed by atoms with Crippen molar-refractivity contribution in [2.75, 3.05) is 6.54 Å². The molecule has 1 N–H and O–H groups in total. The number of hydrogen-bond acceptors (Lipinski definition) is 2. The van der Waals surface area contributed by atoms with E-state index in [0.717, 1.165) is 36.4 Å². The molecule has 2 nitrogen and oxygen atoms in total. The Bertz CT molecular complexity index is 569. The maximum atomic E-state index is 13.1. The molecule has 0 bridgehead atoms. The van der Waals surface area contributed by atoms with Gasteiger partial charge in [0.05, 0.1) is 6.10 Å². The van der Waals surface area contributed by atoms with Gasteiger partial charge in [-0.3, -0.25) is 0 Å². The van der Waals surface area contributed by atoms with Crippen molar-refractivity contribution in [3.05, 3.63) is 65.5 Å². The molecule has 0 saturated carbocycles. The van der Waals surface area contributed by atoms with Crippen LogP contribution >= 0.6 is 0 Å². The highest BCUT2D eigenvalue weighted by Crippen LogP contribution is 2.19. The summed E-state index contributed by atoms with van der Waals surface area (Å²) in [7, 11) is 0. The monoisotopic (exact) mass is 287 g/mol. The molecule has 0 spiro atoms. The first-order valence-electron chi connectivity index (χ1n) is 7.35. The number of hydrogen-bond donors (Lipinski definition) is 1. The average molecular weight is 287 g/mol. The molecule has 0 heterocycles. The van der Waals surface area contributed by atoms with Gasteiger partial charge in [0.2, 0.25) is 0 Å². The predicted octanol–water partition coefficient (Wildman–Crippen LogP) is 3.95. The van der Waals surface area contributed by atoms with Gasteiger partial charge < -0.3 is 10.1 Å². The van der Waals surface area contributed by atoms with Gasteiger partial charge in [-0.15, -0.1) is 0 Å². The summed E-state index contributed by atoms with van der Waals surface area (Å²) in [6.07, 6.45) is 0.976. The minimum atomic E-state index is -0.178. The van der Waals surface area contributed by atoms with E-state index in [0.29, 0.717) is 0 Å². The van der Waals surface area contributed by atoms with Crippen LogP contribution in [-0.2, 0) is 13.0 Å². The zero-order valence-electron chi connectivity index (χ0n) is 12.6. The van der Waals surface area contributed by atoms with Crippen LogP contribution < -0.4 is 10.1 Å². The highest BCUT2D eigenvalue weighted by atomic mass is 19.1. The van der Waals surface area contributed by atoms with E-state index in [1.165, 1.54) is 6.07 Å². The molecule has 2 aromatic rings. The van der Waals surface area contributed by atoms with Gasteiger partial charge in [0.25, 0.3) is 0 Å². The minimum absolute atomic E-state index is 0.165. The van der Waals surface area contributed by atoms with Crippen LogP contribution in [0.4, 0.5) is 4.39 Å². The summed E-state index contributed by atoms with van der Waals surface area (Å²) < 4.78 is 18.9. The molecule has 0 aromatic heterocycles. The van der Waals surface area contributed by atoms with Crippen molar-refractivity contribution in [2.45, 2.75) is 32.9 Å². The standard InChI is InChI=1S/C18H22FNO/c1-14(2)21-18-9-4-3-7-16(18)13-20-11-10-15-6-5-8-17(19)12-15/h3-9,12,14,20H,10-11,13H2,1-2H3. The third-order valence-electron chi connectivity index (χ3n) is 3.13. The first kappa shape index (κ1) is 15.5. The van der Waals surface area contributed by atoms with Crippen molar-refractivity contribution >= 4 is 0 Å². The van der Waals surface area contributed by atoms with Crippen molar-refractivity contribution in [2.24, 2.45) is 0 Å². The summed E-state index contributed by atoms with van der Waals surface area (Å²) in [5.74, 6) is 0.744.